The second-order valence-electron chi connectivity index (χ2n) is 7.58. The summed E-state index contributed by atoms with van der Waals surface area (Å²) in [6.07, 6.45) is 7.51. The summed E-state index contributed by atoms with van der Waals surface area (Å²) in [7, 11) is 1.95. The molecule has 0 saturated carbocycles. The van der Waals surface area contributed by atoms with Crippen molar-refractivity contribution in [3.8, 4) is 5.69 Å². The zero-order valence-corrected chi connectivity index (χ0v) is 16.6. The molecule has 0 radical (unpaired) electrons. The number of likely N-dealkylation sites (tertiary alicyclic amines) is 1. The van der Waals surface area contributed by atoms with E-state index >= 15 is 0 Å². The van der Waals surface area contributed by atoms with Crippen molar-refractivity contribution >= 4 is 17.5 Å². The Hall–Kier alpha value is -1.85. The zero-order chi connectivity index (χ0) is 18.8. The third-order valence-corrected chi connectivity index (χ3v) is 6.03. The first-order valence-corrected chi connectivity index (χ1v) is 10.4. The first kappa shape index (κ1) is 18.5. The lowest BCUT2D eigenvalue weighted by Gasteiger charge is -2.24. The highest BCUT2D eigenvalue weighted by Crippen LogP contribution is 2.29. The van der Waals surface area contributed by atoms with Crippen molar-refractivity contribution in [1.29, 1.82) is 0 Å². The van der Waals surface area contributed by atoms with Gasteiger partial charge in [0, 0.05) is 35.4 Å². The van der Waals surface area contributed by atoms with E-state index in [1.165, 1.54) is 12.1 Å². The third kappa shape index (κ3) is 3.63. The molecule has 1 saturated heterocycles. The van der Waals surface area contributed by atoms with E-state index in [2.05, 4.69) is 5.32 Å². The molecule has 1 amide bonds. The molecule has 5 nitrogen and oxygen atoms in total. The van der Waals surface area contributed by atoms with Gasteiger partial charge in [0.05, 0.1) is 5.69 Å². The number of hydrogen-bond donors (Lipinski definition) is 1. The van der Waals surface area contributed by atoms with Crippen LogP contribution in [0.2, 0.25) is 5.02 Å². The van der Waals surface area contributed by atoms with E-state index in [0.717, 1.165) is 62.9 Å². The molecule has 1 aromatic heterocycles. The summed E-state index contributed by atoms with van der Waals surface area (Å²) in [6, 6.07) is 7.99. The SMILES string of the molecule is CNCC1CCCN1C(=O)c1nn(-c2ccc(Cl)cc2)c2c1CCCCC2. The number of halogens is 1. The third-order valence-electron chi connectivity index (χ3n) is 5.78. The molecular weight excluding hydrogens is 360 g/mol. The molecule has 6 heteroatoms. The highest BCUT2D eigenvalue weighted by Gasteiger charge is 2.33. The van der Waals surface area contributed by atoms with Crippen LogP contribution in [0.1, 0.15) is 53.8 Å². The van der Waals surface area contributed by atoms with Gasteiger partial charge in [0.15, 0.2) is 5.69 Å². The molecule has 0 bridgehead atoms. The summed E-state index contributed by atoms with van der Waals surface area (Å²) in [6.45, 7) is 1.67. The van der Waals surface area contributed by atoms with Gasteiger partial charge in [0.2, 0.25) is 0 Å². The van der Waals surface area contributed by atoms with E-state index in [0.29, 0.717) is 10.7 Å². The average molecular weight is 387 g/mol. The largest absolute Gasteiger partial charge is 0.333 e. The van der Waals surface area contributed by atoms with Gasteiger partial charge in [-0.25, -0.2) is 4.68 Å². The molecule has 144 valence electrons. The number of amides is 1. The highest BCUT2D eigenvalue weighted by molar-refractivity contribution is 6.30. The van der Waals surface area contributed by atoms with Crippen LogP contribution in [0, 0.1) is 0 Å². The minimum absolute atomic E-state index is 0.0959. The molecule has 2 aliphatic rings. The van der Waals surface area contributed by atoms with Crippen LogP contribution in [0.5, 0.6) is 0 Å². The van der Waals surface area contributed by atoms with Gasteiger partial charge in [-0.15, -0.1) is 0 Å². The monoisotopic (exact) mass is 386 g/mol. The number of rotatable bonds is 4. The number of hydrogen-bond acceptors (Lipinski definition) is 3. The number of nitrogens with zero attached hydrogens (tertiary/aromatic N) is 3. The van der Waals surface area contributed by atoms with Crippen LogP contribution >= 0.6 is 11.6 Å². The van der Waals surface area contributed by atoms with Crippen molar-refractivity contribution in [3.05, 3.63) is 46.2 Å². The molecule has 27 heavy (non-hydrogen) atoms. The molecule has 0 spiro atoms. The van der Waals surface area contributed by atoms with Crippen molar-refractivity contribution in [2.75, 3.05) is 20.1 Å². The normalized spacial score (nSPS) is 19.8. The van der Waals surface area contributed by atoms with Gasteiger partial charge in [-0.1, -0.05) is 18.0 Å². The van der Waals surface area contributed by atoms with Crippen LogP contribution < -0.4 is 5.32 Å². The molecule has 1 fully saturated rings. The average Bonchev–Trinajstić information content (AvgIpc) is 3.20. The van der Waals surface area contributed by atoms with Crippen LogP contribution in [0.4, 0.5) is 0 Å². The van der Waals surface area contributed by atoms with E-state index in [4.69, 9.17) is 16.7 Å². The van der Waals surface area contributed by atoms with Gasteiger partial charge in [-0.3, -0.25) is 4.79 Å². The summed E-state index contributed by atoms with van der Waals surface area (Å²) in [5.74, 6) is 0.0959. The van der Waals surface area contributed by atoms with Crippen molar-refractivity contribution in [1.82, 2.24) is 20.0 Å². The van der Waals surface area contributed by atoms with Crippen LogP contribution in [-0.2, 0) is 12.8 Å². The van der Waals surface area contributed by atoms with Gasteiger partial charge >= 0.3 is 0 Å². The number of carbonyl (C=O) groups is 1. The standard InChI is InChI=1S/C21H27ClN4O/c1-23-14-17-6-5-13-25(17)21(27)20-18-7-3-2-4-8-19(18)26(24-20)16-11-9-15(22)10-12-16/h9-12,17,23H,2-8,13-14H2,1H3. The van der Waals surface area contributed by atoms with E-state index in [1.54, 1.807) is 0 Å². The predicted molar refractivity (Wildman–Crippen MR) is 108 cm³/mol. The summed E-state index contributed by atoms with van der Waals surface area (Å²) in [5.41, 5.74) is 3.99. The molecule has 1 aromatic carbocycles. The van der Waals surface area contributed by atoms with E-state index in [1.807, 2.05) is 40.9 Å². The Labute approximate surface area is 165 Å². The summed E-state index contributed by atoms with van der Waals surface area (Å²) in [5, 5.41) is 8.77. The fraction of sp³-hybridized carbons (Fsp3) is 0.524. The first-order valence-electron chi connectivity index (χ1n) is 10.0. The number of fused-ring (bicyclic) bond motifs is 1. The zero-order valence-electron chi connectivity index (χ0n) is 15.9. The Bertz CT molecular complexity index is 814. The van der Waals surface area contributed by atoms with Gasteiger partial charge in [-0.05, 0) is 69.8 Å². The van der Waals surface area contributed by atoms with Gasteiger partial charge in [-0.2, -0.15) is 5.10 Å². The Morgan fingerprint density at radius 1 is 1.19 bits per heavy atom. The molecule has 1 N–H and O–H groups in total. The number of carbonyl (C=O) groups excluding carboxylic acids is 1. The van der Waals surface area contributed by atoms with E-state index < -0.39 is 0 Å². The van der Waals surface area contributed by atoms with Crippen molar-refractivity contribution < 1.29 is 4.79 Å². The minimum atomic E-state index is 0.0959. The van der Waals surface area contributed by atoms with Crippen LogP contribution in [0.25, 0.3) is 5.69 Å². The van der Waals surface area contributed by atoms with Gasteiger partial charge in [0.1, 0.15) is 0 Å². The second-order valence-corrected chi connectivity index (χ2v) is 8.01. The summed E-state index contributed by atoms with van der Waals surface area (Å²) in [4.78, 5) is 15.4. The van der Waals surface area contributed by atoms with E-state index in [-0.39, 0.29) is 11.9 Å². The Morgan fingerprint density at radius 2 is 1.96 bits per heavy atom. The fourth-order valence-corrected chi connectivity index (χ4v) is 4.56. The molecule has 1 aliphatic heterocycles. The van der Waals surface area contributed by atoms with Crippen molar-refractivity contribution in [2.24, 2.45) is 0 Å². The molecule has 1 atom stereocenters. The van der Waals surface area contributed by atoms with Gasteiger partial charge in [0.25, 0.3) is 5.91 Å². The maximum absolute atomic E-state index is 13.4. The predicted octanol–water partition coefficient (Wildman–Crippen LogP) is 3.62. The fourth-order valence-electron chi connectivity index (χ4n) is 4.43. The quantitative estimate of drug-likeness (QED) is 0.816. The molecule has 2 aromatic rings. The Kier molecular flexibility index (Phi) is 5.50. The lowest BCUT2D eigenvalue weighted by atomic mass is 10.1. The van der Waals surface area contributed by atoms with Crippen LogP contribution in [-0.4, -0.2) is 46.8 Å². The maximum Gasteiger partial charge on any atom is 0.274 e. The summed E-state index contributed by atoms with van der Waals surface area (Å²) < 4.78 is 1.98. The topological polar surface area (TPSA) is 50.2 Å². The Balaban J connectivity index is 1.74. The van der Waals surface area contributed by atoms with Crippen LogP contribution in [0.15, 0.2) is 24.3 Å². The summed E-state index contributed by atoms with van der Waals surface area (Å²) >= 11 is 6.06. The number of aromatic nitrogens is 2. The molecular formula is C21H27ClN4O. The van der Waals surface area contributed by atoms with Gasteiger partial charge < -0.3 is 10.2 Å². The molecule has 1 unspecified atom stereocenters. The second kappa shape index (κ2) is 8.03. The lowest BCUT2D eigenvalue weighted by molar-refractivity contribution is 0.0729. The number of likely N-dealkylation sites (N-methyl/N-ethyl adjacent to an activating group) is 1. The number of nitrogens with one attached hydrogen (secondary N) is 1. The molecule has 1 aliphatic carbocycles. The minimum Gasteiger partial charge on any atom is -0.333 e. The smallest absolute Gasteiger partial charge is 0.274 e. The Morgan fingerprint density at radius 3 is 2.74 bits per heavy atom. The van der Waals surface area contributed by atoms with E-state index in [9.17, 15) is 4.79 Å². The number of benzene rings is 1. The van der Waals surface area contributed by atoms with Crippen molar-refractivity contribution in [3.63, 3.8) is 0 Å². The molecule has 4 rings (SSSR count). The van der Waals surface area contributed by atoms with Crippen LogP contribution in [0.3, 0.4) is 0 Å². The van der Waals surface area contributed by atoms with Crippen molar-refractivity contribution in [2.45, 2.75) is 51.0 Å². The maximum atomic E-state index is 13.4. The lowest BCUT2D eigenvalue weighted by Crippen LogP contribution is -2.41. The molecule has 2 heterocycles. The highest BCUT2D eigenvalue weighted by atomic mass is 35.5. The first-order chi connectivity index (χ1) is 13.2.